The first-order chi connectivity index (χ1) is 39.0. The van der Waals surface area contributed by atoms with E-state index in [0.29, 0.717) is 19.3 Å². The van der Waals surface area contributed by atoms with Gasteiger partial charge in [-0.3, -0.25) is 14.4 Å². The van der Waals surface area contributed by atoms with Crippen molar-refractivity contribution in [2.24, 2.45) is 0 Å². The van der Waals surface area contributed by atoms with Crippen LogP contribution in [0.2, 0.25) is 0 Å². The summed E-state index contributed by atoms with van der Waals surface area (Å²) in [6.45, 7) is 6.35. The van der Waals surface area contributed by atoms with Crippen LogP contribution in [0, 0.1) is 0 Å². The number of carbonyl (C=O) groups excluding carboxylic acids is 3. The summed E-state index contributed by atoms with van der Waals surface area (Å²) >= 11 is 0. The lowest BCUT2D eigenvalue weighted by atomic mass is 10.0. The summed E-state index contributed by atoms with van der Waals surface area (Å²) in [7, 11) is 0. The predicted molar refractivity (Wildman–Crippen MR) is 343 cm³/mol. The van der Waals surface area contributed by atoms with E-state index in [9.17, 15) is 14.4 Å². The van der Waals surface area contributed by atoms with E-state index in [1.54, 1.807) is 0 Å². The molecule has 6 nitrogen and oxygen atoms in total. The molecule has 452 valence electrons. The van der Waals surface area contributed by atoms with Crippen molar-refractivity contribution in [3.05, 3.63) is 109 Å². The number of esters is 3. The molecule has 0 aliphatic rings. The zero-order valence-electron chi connectivity index (χ0n) is 51.9. The van der Waals surface area contributed by atoms with Crippen LogP contribution in [0.4, 0.5) is 0 Å². The Kier molecular flexibility index (Phi) is 63.3. The molecule has 0 amide bonds. The maximum atomic E-state index is 12.9. The van der Waals surface area contributed by atoms with Crippen LogP contribution in [0.1, 0.15) is 316 Å². The molecule has 0 N–H and O–H groups in total. The molecule has 1 atom stereocenters. The summed E-state index contributed by atoms with van der Waals surface area (Å²) in [5.41, 5.74) is 0. The second-order valence-electron chi connectivity index (χ2n) is 22.0. The van der Waals surface area contributed by atoms with E-state index in [-0.39, 0.29) is 31.6 Å². The zero-order chi connectivity index (χ0) is 57.1. The van der Waals surface area contributed by atoms with E-state index in [1.165, 1.54) is 167 Å². The lowest BCUT2D eigenvalue weighted by molar-refractivity contribution is -0.166. The highest BCUT2D eigenvalue weighted by Crippen LogP contribution is 2.17. The number of rotatable bonds is 60. The average Bonchev–Trinajstić information content (AvgIpc) is 3.45. The van der Waals surface area contributed by atoms with Gasteiger partial charge in [0.1, 0.15) is 13.2 Å². The predicted octanol–water partition coefficient (Wildman–Crippen LogP) is 23.0. The number of ether oxygens (including phenoxy) is 3. The molecule has 0 aromatic heterocycles. The van der Waals surface area contributed by atoms with E-state index in [4.69, 9.17) is 14.2 Å². The van der Waals surface area contributed by atoms with Crippen molar-refractivity contribution in [1.29, 1.82) is 0 Å². The van der Waals surface area contributed by atoms with E-state index >= 15 is 0 Å². The average molecular weight is 1100 g/mol. The van der Waals surface area contributed by atoms with Crippen LogP contribution >= 0.6 is 0 Å². The van der Waals surface area contributed by atoms with Crippen LogP contribution in [0.25, 0.3) is 0 Å². The summed E-state index contributed by atoms with van der Waals surface area (Å²) in [5, 5.41) is 0. The van der Waals surface area contributed by atoms with E-state index in [2.05, 4.69) is 124 Å². The Morgan fingerprint density at radius 3 is 0.823 bits per heavy atom. The molecule has 0 saturated carbocycles. The molecule has 6 heteroatoms. The fourth-order valence-electron chi connectivity index (χ4n) is 9.37. The summed E-state index contributed by atoms with van der Waals surface area (Å²) in [4.78, 5) is 38.2. The number of allylic oxidation sites excluding steroid dienone is 18. The molecule has 0 spiro atoms. The zero-order valence-corrected chi connectivity index (χ0v) is 51.9. The van der Waals surface area contributed by atoms with Gasteiger partial charge in [0.05, 0.1) is 0 Å². The largest absolute Gasteiger partial charge is 0.462 e. The van der Waals surface area contributed by atoms with Gasteiger partial charge < -0.3 is 14.2 Å². The van der Waals surface area contributed by atoms with Gasteiger partial charge in [-0.1, -0.05) is 316 Å². The second kappa shape index (κ2) is 66.6. The van der Waals surface area contributed by atoms with Gasteiger partial charge in [-0.05, 0) is 89.9 Å². The number of carbonyl (C=O) groups is 3. The van der Waals surface area contributed by atoms with Crippen LogP contribution < -0.4 is 0 Å². The van der Waals surface area contributed by atoms with Gasteiger partial charge in [-0.2, -0.15) is 0 Å². The van der Waals surface area contributed by atoms with Crippen LogP contribution in [0.5, 0.6) is 0 Å². The number of hydrogen-bond acceptors (Lipinski definition) is 6. The van der Waals surface area contributed by atoms with Crippen LogP contribution in [-0.4, -0.2) is 37.2 Å². The van der Waals surface area contributed by atoms with Gasteiger partial charge in [0.15, 0.2) is 6.10 Å². The Bertz CT molecular complexity index is 1590. The van der Waals surface area contributed by atoms with Crippen LogP contribution in [0.3, 0.4) is 0 Å². The molecule has 0 heterocycles. The minimum absolute atomic E-state index is 0.117. The molecular weight excluding hydrogens is 973 g/mol. The van der Waals surface area contributed by atoms with Crippen molar-refractivity contribution in [3.8, 4) is 0 Å². The fourth-order valence-corrected chi connectivity index (χ4v) is 9.37. The third kappa shape index (κ3) is 64.8. The number of hydrogen-bond donors (Lipinski definition) is 0. The molecule has 0 aromatic rings. The Labute approximate surface area is 489 Å². The van der Waals surface area contributed by atoms with Crippen molar-refractivity contribution < 1.29 is 28.6 Å². The Hall–Kier alpha value is -3.93. The highest BCUT2D eigenvalue weighted by Gasteiger charge is 2.19. The van der Waals surface area contributed by atoms with Crippen LogP contribution in [-0.2, 0) is 28.6 Å². The standard InChI is InChI=1S/C73H124O6/c1-4-7-10-13-16-19-22-25-27-29-31-32-33-34-35-36-37-38-39-40-42-43-45-48-51-54-57-60-63-66-72(75)78-69-70(68-77-71(74)65-62-59-56-53-50-47-24-21-18-15-12-9-6-3)79-73(76)67-64-61-58-55-52-49-46-44-41-30-28-26-23-20-17-14-11-8-5-2/h8-9,11-12,17-18,20-21,26,28,41,44,47,49-50,52,58,61,70H,4-7,10,13-16,19,22-25,27,29-40,42-43,45-46,48,51,53-57,59-60,62-69H2,1-3H3/b11-8-,12-9-,20-17-,21-18-,28-26-,44-41-,50-47-,52-49-,61-58-. The first-order valence-electron chi connectivity index (χ1n) is 33.4. The molecule has 0 saturated heterocycles. The van der Waals surface area contributed by atoms with Gasteiger partial charge in [-0.25, -0.2) is 0 Å². The summed E-state index contributed by atoms with van der Waals surface area (Å²) in [5.74, 6) is -1.02. The SMILES string of the molecule is CC/C=C\C/C=C\C/C=C\C/C=C\C/C=C\C/C=C\CCC(=O)OC(COC(=O)CCCCC/C=C\C/C=C\C/C=C\CC)COC(=O)CCCCCCCCCCCCCCCCCCCCCCCCCCCCCCC. The minimum atomic E-state index is -0.832. The highest BCUT2D eigenvalue weighted by molar-refractivity contribution is 5.71. The Balaban J connectivity index is 4.31. The van der Waals surface area contributed by atoms with Crippen molar-refractivity contribution in [3.63, 3.8) is 0 Å². The van der Waals surface area contributed by atoms with Crippen molar-refractivity contribution in [2.75, 3.05) is 13.2 Å². The maximum Gasteiger partial charge on any atom is 0.306 e. The molecule has 0 aliphatic heterocycles. The van der Waals surface area contributed by atoms with Crippen molar-refractivity contribution in [1.82, 2.24) is 0 Å². The second-order valence-corrected chi connectivity index (χ2v) is 22.0. The Morgan fingerprint density at radius 2 is 0.519 bits per heavy atom. The lowest BCUT2D eigenvalue weighted by Crippen LogP contribution is -2.30. The topological polar surface area (TPSA) is 78.9 Å². The molecule has 0 aromatic carbocycles. The summed E-state index contributed by atoms with van der Waals surface area (Å²) in [6.07, 6.45) is 91.4. The van der Waals surface area contributed by atoms with Gasteiger partial charge in [0.2, 0.25) is 0 Å². The van der Waals surface area contributed by atoms with Gasteiger partial charge >= 0.3 is 17.9 Å². The third-order valence-electron chi connectivity index (χ3n) is 14.3. The first-order valence-corrected chi connectivity index (χ1v) is 33.4. The lowest BCUT2D eigenvalue weighted by Gasteiger charge is -2.18. The minimum Gasteiger partial charge on any atom is -0.462 e. The molecule has 1 unspecified atom stereocenters. The van der Waals surface area contributed by atoms with Crippen molar-refractivity contribution in [2.45, 2.75) is 322 Å². The van der Waals surface area contributed by atoms with Gasteiger partial charge in [0.25, 0.3) is 0 Å². The highest BCUT2D eigenvalue weighted by atomic mass is 16.6. The Morgan fingerprint density at radius 1 is 0.266 bits per heavy atom. The fraction of sp³-hybridized carbons (Fsp3) is 0.712. The normalized spacial score (nSPS) is 12.8. The number of unbranched alkanes of at least 4 members (excludes halogenated alkanes) is 31. The van der Waals surface area contributed by atoms with Gasteiger partial charge in [0, 0.05) is 19.3 Å². The molecular formula is C73H124O6. The monoisotopic (exact) mass is 1100 g/mol. The van der Waals surface area contributed by atoms with E-state index in [1.807, 2.05) is 6.08 Å². The quantitative estimate of drug-likeness (QED) is 0.0261. The van der Waals surface area contributed by atoms with E-state index in [0.717, 1.165) is 103 Å². The summed E-state index contributed by atoms with van der Waals surface area (Å²) in [6, 6.07) is 0. The molecule has 79 heavy (non-hydrogen) atoms. The first kappa shape index (κ1) is 75.1. The van der Waals surface area contributed by atoms with E-state index < -0.39 is 12.1 Å². The smallest absolute Gasteiger partial charge is 0.306 e. The molecule has 0 rings (SSSR count). The molecule has 0 aliphatic carbocycles. The third-order valence-corrected chi connectivity index (χ3v) is 14.3. The van der Waals surface area contributed by atoms with Crippen LogP contribution in [0.15, 0.2) is 109 Å². The summed E-state index contributed by atoms with van der Waals surface area (Å²) < 4.78 is 16.8. The van der Waals surface area contributed by atoms with Gasteiger partial charge in [-0.15, -0.1) is 0 Å². The van der Waals surface area contributed by atoms with Crippen molar-refractivity contribution >= 4 is 17.9 Å². The molecule has 0 fully saturated rings. The molecule has 0 radical (unpaired) electrons. The molecule has 0 bridgehead atoms. The maximum absolute atomic E-state index is 12.9.